The van der Waals surface area contributed by atoms with Gasteiger partial charge in [0, 0.05) is 6.54 Å². The van der Waals surface area contributed by atoms with E-state index in [0.29, 0.717) is 5.92 Å². The van der Waals surface area contributed by atoms with Crippen LogP contribution >= 0.6 is 0 Å². The largest absolute Gasteiger partial charge is 0.322 e. The highest BCUT2D eigenvalue weighted by Crippen LogP contribution is 2.33. The molecule has 0 spiro atoms. The summed E-state index contributed by atoms with van der Waals surface area (Å²) in [7, 11) is 0. The molecule has 1 saturated carbocycles. The van der Waals surface area contributed by atoms with Gasteiger partial charge in [-0.2, -0.15) is 0 Å². The molecule has 0 saturated heterocycles. The van der Waals surface area contributed by atoms with Crippen molar-refractivity contribution < 1.29 is 0 Å². The lowest BCUT2D eigenvalue weighted by Gasteiger charge is -2.19. The van der Waals surface area contributed by atoms with E-state index in [1.54, 1.807) is 0 Å². The Morgan fingerprint density at radius 1 is 1.53 bits per heavy atom. The second-order valence-corrected chi connectivity index (χ2v) is 4.45. The number of hydrogen-bond acceptors (Lipinski definition) is 3. The summed E-state index contributed by atoms with van der Waals surface area (Å²) in [5.74, 6) is 0.638. The molecule has 1 heterocycles. The topological polar surface area (TPSA) is 56.7 Å². The van der Waals surface area contributed by atoms with E-state index in [4.69, 9.17) is 5.73 Å². The lowest BCUT2D eigenvalue weighted by atomic mass is 9.96. The van der Waals surface area contributed by atoms with Crippen molar-refractivity contribution in [3.05, 3.63) is 11.9 Å². The summed E-state index contributed by atoms with van der Waals surface area (Å²) >= 11 is 0. The summed E-state index contributed by atoms with van der Waals surface area (Å²) < 4.78 is 1.96. The van der Waals surface area contributed by atoms with Gasteiger partial charge in [-0.1, -0.05) is 25.0 Å². The fourth-order valence-electron chi connectivity index (χ4n) is 2.47. The van der Waals surface area contributed by atoms with E-state index in [2.05, 4.69) is 17.2 Å². The van der Waals surface area contributed by atoms with Crippen molar-refractivity contribution in [2.45, 2.75) is 51.6 Å². The number of nitrogens with zero attached hydrogens (tertiary/aromatic N) is 3. The van der Waals surface area contributed by atoms with Crippen molar-refractivity contribution in [2.75, 3.05) is 0 Å². The predicted molar refractivity (Wildman–Crippen MR) is 59.2 cm³/mol. The molecule has 1 aromatic rings. The third-order valence-corrected chi connectivity index (χ3v) is 3.33. The zero-order chi connectivity index (χ0) is 10.7. The molecule has 1 aliphatic carbocycles. The van der Waals surface area contributed by atoms with Crippen LogP contribution in [0.15, 0.2) is 6.20 Å². The van der Waals surface area contributed by atoms with Gasteiger partial charge in [-0.3, -0.25) is 0 Å². The summed E-state index contributed by atoms with van der Waals surface area (Å²) in [4.78, 5) is 0. The minimum Gasteiger partial charge on any atom is -0.322 e. The van der Waals surface area contributed by atoms with Gasteiger partial charge in [0.05, 0.1) is 17.9 Å². The maximum atomic E-state index is 6.27. The maximum Gasteiger partial charge on any atom is 0.0757 e. The Bertz CT molecular complexity index is 301. The summed E-state index contributed by atoms with van der Waals surface area (Å²) in [6, 6.07) is 0.133. The van der Waals surface area contributed by atoms with Crippen molar-refractivity contribution in [1.82, 2.24) is 15.0 Å². The van der Waals surface area contributed by atoms with Gasteiger partial charge < -0.3 is 5.73 Å². The second kappa shape index (κ2) is 4.75. The summed E-state index contributed by atoms with van der Waals surface area (Å²) in [5.41, 5.74) is 7.39. The second-order valence-electron chi connectivity index (χ2n) is 4.45. The molecule has 0 aromatic carbocycles. The summed E-state index contributed by atoms with van der Waals surface area (Å²) in [5, 5.41) is 8.05. The maximum absolute atomic E-state index is 6.27. The Hall–Kier alpha value is -0.900. The van der Waals surface area contributed by atoms with Crippen molar-refractivity contribution in [1.29, 1.82) is 0 Å². The highest BCUT2D eigenvalue weighted by molar-refractivity contribution is 5.04. The molecular formula is C11H20N4. The van der Waals surface area contributed by atoms with Crippen LogP contribution in [-0.4, -0.2) is 15.0 Å². The molecule has 1 aliphatic rings. The third-order valence-electron chi connectivity index (χ3n) is 3.33. The molecule has 1 unspecified atom stereocenters. The van der Waals surface area contributed by atoms with E-state index < -0.39 is 0 Å². The highest BCUT2D eigenvalue weighted by Gasteiger charge is 2.25. The molecule has 15 heavy (non-hydrogen) atoms. The standard InChI is InChI=1S/C11H20N4/c1-2-7-15-10(8-13-14-15)11(12)9-5-3-4-6-9/h8-9,11H,2-7,12H2,1H3. The van der Waals surface area contributed by atoms with Crippen molar-refractivity contribution in [2.24, 2.45) is 11.7 Å². The molecule has 1 atom stereocenters. The van der Waals surface area contributed by atoms with Crippen LogP contribution in [0.5, 0.6) is 0 Å². The van der Waals surface area contributed by atoms with Crippen LogP contribution in [0, 0.1) is 5.92 Å². The van der Waals surface area contributed by atoms with Gasteiger partial charge in [0.25, 0.3) is 0 Å². The molecule has 4 heteroatoms. The van der Waals surface area contributed by atoms with Gasteiger partial charge >= 0.3 is 0 Å². The normalized spacial score (nSPS) is 19.6. The van der Waals surface area contributed by atoms with Gasteiger partial charge in [0.1, 0.15) is 0 Å². The van der Waals surface area contributed by atoms with Crippen LogP contribution < -0.4 is 5.73 Å². The van der Waals surface area contributed by atoms with Gasteiger partial charge in [-0.05, 0) is 25.2 Å². The number of hydrogen-bond donors (Lipinski definition) is 1. The average Bonchev–Trinajstić information content (AvgIpc) is 2.87. The molecule has 0 aliphatic heterocycles. The molecule has 1 fully saturated rings. The molecule has 0 radical (unpaired) electrons. The minimum atomic E-state index is 0.133. The molecule has 2 rings (SSSR count). The minimum absolute atomic E-state index is 0.133. The van der Waals surface area contributed by atoms with Gasteiger partial charge in [-0.15, -0.1) is 5.10 Å². The Morgan fingerprint density at radius 2 is 2.27 bits per heavy atom. The molecule has 1 aromatic heterocycles. The lowest BCUT2D eigenvalue weighted by molar-refractivity contribution is 0.410. The number of nitrogens with two attached hydrogens (primary N) is 1. The van der Waals surface area contributed by atoms with Gasteiger partial charge in [0.15, 0.2) is 0 Å². The van der Waals surface area contributed by atoms with Gasteiger partial charge in [-0.25, -0.2) is 4.68 Å². The Balaban J connectivity index is 2.09. The molecule has 0 bridgehead atoms. The van der Waals surface area contributed by atoms with E-state index in [9.17, 15) is 0 Å². The third kappa shape index (κ3) is 2.20. The zero-order valence-electron chi connectivity index (χ0n) is 9.39. The Kier molecular flexibility index (Phi) is 3.36. The number of aromatic nitrogens is 3. The van der Waals surface area contributed by atoms with Crippen molar-refractivity contribution in [3.63, 3.8) is 0 Å². The van der Waals surface area contributed by atoms with Crippen LogP contribution in [0.3, 0.4) is 0 Å². The Morgan fingerprint density at radius 3 is 2.93 bits per heavy atom. The van der Waals surface area contributed by atoms with E-state index in [0.717, 1.165) is 18.7 Å². The van der Waals surface area contributed by atoms with Crippen molar-refractivity contribution >= 4 is 0 Å². The fraction of sp³-hybridized carbons (Fsp3) is 0.818. The van der Waals surface area contributed by atoms with Crippen molar-refractivity contribution in [3.8, 4) is 0 Å². The first-order chi connectivity index (χ1) is 7.33. The summed E-state index contributed by atoms with van der Waals surface area (Å²) in [6.45, 7) is 3.07. The van der Waals surface area contributed by atoms with Crippen LogP contribution in [0.1, 0.15) is 50.8 Å². The molecular weight excluding hydrogens is 188 g/mol. The zero-order valence-corrected chi connectivity index (χ0v) is 9.39. The SMILES string of the molecule is CCCn1nncc1C(N)C1CCCC1. The molecule has 4 nitrogen and oxygen atoms in total. The number of rotatable bonds is 4. The average molecular weight is 208 g/mol. The molecule has 0 amide bonds. The monoisotopic (exact) mass is 208 g/mol. The van der Waals surface area contributed by atoms with E-state index in [1.165, 1.54) is 25.7 Å². The van der Waals surface area contributed by atoms with Crippen LogP contribution in [0.4, 0.5) is 0 Å². The van der Waals surface area contributed by atoms with E-state index >= 15 is 0 Å². The van der Waals surface area contributed by atoms with Crippen LogP contribution in [0.2, 0.25) is 0 Å². The van der Waals surface area contributed by atoms with Crippen LogP contribution in [-0.2, 0) is 6.54 Å². The van der Waals surface area contributed by atoms with E-state index in [1.807, 2.05) is 10.9 Å². The quantitative estimate of drug-likeness (QED) is 0.822. The number of aryl methyl sites for hydroxylation is 1. The highest BCUT2D eigenvalue weighted by atomic mass is 15.4. The summed E-state index contributed by atoms with van der Waals surface area (Å²) in [6.07, 6.45) is 8.09. The molecule has 2 N–H and O–H groups in total. The smallest absolute Gasteiger partial charge is 0.0757 e. The lowest BCUT2D eigenvalue weighted by Crippen LogP contribution is -2.22. The fourth-order valence-corrected chi connectivity index (χ4v) is 2.47. The van der Waals surface area contributed by atoms with Gasteiger partial charge in [0.2, 0.25) is 0 Å². The van der Waals surface area contributed by atoms with Crippen LogP contribution in [0.25, 0.3) is 0 Å². The first-order valence-corrected chi connectivity index (χ1v) is 5.97. The Labute approximate surface area is 90.8 Å². The first-order valence-electron chi connectivity index (χ1n) is 5.97. The predicted octanol–water partition coefficient (Wildman–Crippen LogP) is 1.88. The van der Waals surface area contributed by atoms with E-state index in [-0.39, 0.29) is 6.04 Å². The molecule has 84 valence electrons. The first kappa shape index (κ1) is 10.6.